The summed E-state index contributed by atoms with van der Waals surface area (Å²) >= 11 is 0. The summed E-state index contributed by atoms with van der Waals surface area (Å²) in [5, 5.41) is 9.90. The fourth-order valence-electron chi connectivity index (χ4n) is 2.18. The molecule has 3 nitrogen and oxygen atoms in total. The predicted octanol–water partition coefficient (Wildman–Crippen LogP) is 2.41. The minimum absolute atomic E-state index is 0.176. The number of hydrogen-bond acceptors (Lipinski definition) is 3. The maximum absolute atomic E-state index is 9.90. The van der Waals surface area contributed by atoms with Gasteiger partial charge in [0.1, 0.15) is 11.5 Å². The molecule has 0 aromatic heterocycles. The molecule has 1 atom stereocenters. The molecule has 0 spiro atoms. The average Bonchev–Trinajstić information content (AvgIpc) is 3.19. The second kappa shape index (κ2) is 5.41. The highest BCUT2D eigenvalue weighted by Crippen LogP contribution is 2.36. The van der Waals surface area contributed by atoms with Crippen molar-refractivity contribution in [2.75, 3.05) is 14.2 Å². The zero-order chi connectivity index (χ0) is 12.3. The minimum atomic E-state index is -0.176. The van der Waals surface area contributed by atoms with Gasteiger partial charge in [-0.05, 0) is 43.7 Å². The fraction of sp³-hybridized carbons (Fsp3) is 0.571. The summed E-state index contributed by atoms with van der Waals surface area (Å²) in [4.78, 5) is 0. The van der Waals surface area contributed by atoms with E-state index in [0.29, 0.717) is 5.92 Å². The van der Waals surface area contributed by atoms with Crippen LogP contribution in [0.2, 0.25) is 0 Å². The van der Waals surface area contributed by atoms with Crippen LogP contribution in [0.1, 0.15) is 24.8 Å². The second-order valence-electron chi connectivity index (χ2n) is 4.58. The van der Waals surface area contributed by atoms with E-state index in [0.717, 1.165) is 29.9 Å². The number of aliphatic hydroxyl groups excluding tert-OH is 1. The van der Waals surface area contributed by atoms with Crippen molar-refractivity contribution in [3.8, 4) is 11.5 Å². The predicted molar refractivity (Wildman–Crippen MR) is 66.6 cm³/mol. The van der Waals surface area contributed by atoms with Crippen molar-refractivity contribution in [2.45, 2.75) is 31.8 Å². The van der Waals surface area contributed by atoms with Gasteiger partial charge < -0.3 is 14.6 Å². The molecule has 94 valence electrons. The lowest BCUT2D eigenvalue weighted by molar-refractivity contribution is 0.141. The van der Waals surface area contributed by atoms with Crippen LogP contribution >= 0.6 is 0 Å². The standard InChI is InChI=1S/C14H20O3/c1-16-13-4-3-5-14(17-2)11(13)8-9-12(15)10-6-7-10/h3-5,10,12,15H,6-9H2,1-2H3. The van der Waals surface area contributed by atoms with Gasteiger partial charge in [0.05, 0.1) is 20.3 Å². The first kappa shape index (κ1) is 12.2. The Morgan fingerprint density at radius 1 is 1.24 bits per heavy atom. The van der Waals surface area contributed by atoms with E-state index >= 15 is 0 Å². The van der Waals surface area contributed by atoms with Gasteiger partial charge in [-0.2, -0.15) is 0 Å². The lowest BCUT2D eigenvalue weighted by Crippen LogP contribution is -2.11. The van der Waals surface area contributed by atoms with Crippen LogP contribution in [-0.2, 0) is 6.42 Å². The first-order valence-electron chi connectivity index (χ1n) is 6.14. The molecule has 0 saturated heterocycles. The van der Waals surface area contributed by atoms with Gasteiger partial charge in [-0.1, -0.05) is 6.07 Å². The molecule has 1 aliphatic carbocycles. The van der Waals surface area contributed by atoms with Crippen LogP contribution in [0, 0.1) is 5.92 Å². The van der Waals surface area contributed by atoms with Crippen LogP contribution in [0.5, 0.6) is 11.5 Å². The summed E-state index contributed by atoms with van der Waals surface area (Å²) in [5.41, 5.74) is 1.05. The van der Waals surface area contributed by atoms with Crippen molar-refractivity contribution >= 4 is 0 Å². The summed E-state index contributed by atoms with van der Waals surface area (Å²) in [6.07, 6.45) is 3.74. The Morgan fingerprint density at radius 3 is 2.29 bits per heavy atom. The van der Waals surface area contributed by atoms with Crippen LogP contribution < -0.4 is 9.47 Å². The molecular formula is C14H20O3. The van der Waals surface area contributed by atoms with Crippen LogP contribution in [0.4, 0.5) is 0 Å². The topological polar surface area (TPSA) is 38.7 Å². The Hall–Kier alpha value is -1.22. The molecule has 1 N–H and O–H groups in total. The highest BCUT2D eigenvalue weighted by molar-refractivity contribution is 5.44. The molecule has 1 saturated carbocycles. The van der Waals surface area contributed by atoms with Crippen LogP contribution in [0.3, 0.4) is 0 Å². The van der Waals surface area contributed by atoms with Crippen molar-refractivity contribution < 1.29 is 14.6 Å². The second-order valence-corrected chi connectivity index (χ2v) is 4.58. The summed E-state index contributed by atoms with van der Waals surface area (Å²) in [7, 11) is 3.32. The molecule has 2 rings (SSSR count). The van der Waals surface area contributed by atoms with E-state index < -0.39 is 0 Å². The van der Waals surface area contributed by atoms with Crippen LogP contribution in [0.15, 0.2) is 18.2 Å². The smallest absolute Gasteiger partial charge is 0.125 e. The van der Waals surface area contributed by atoms with Crippen molar-refractivity contribution in [2.24, 2.45) is 5.92 Å². The molecule has 1 unspecified atom stereocenters. The van der Waals surface area contributed by atoms with E-state index in [4.69, 9.17) is 9.47 Å². The quantitative estimate of drug-likeness (QED) is 0.824. The van der Waals surface area contributed by atoms with Gasteiger partial charge in [-0.3, -0.25) is 0 Å². The molecule has 1 aliphatic rings. The third-order valence-electron chi connectivity index (χ3n) is 3.39. The number of hydrogen-bond donors (Lipinski definition) is 1. The Labute approximate surface area is 102 Å². The van der Waals surface area contributed by atoms with Gasteiger partial charge in [0.25, 0.3) is 0 Å². The highest BCUT2D eigenvalue weighted by atomic mass is 16.5. The Kier molecular flexibility index (Phi) is 3.89. The van der Waals surface area contributed by atoms with E-state index in [9.17, 15) is 5.11 Å². The van der Waals surface area contributed by atoms with Gasteiger partial charge in [-0.15, -0.1) is 0 Å². The maximum Gasteiger partial charge on any atom is 0.125 e. The van der Waals surface area contributed by atoms with Gasteiger partial charge >= 0.3 is 0 Å². The lowest BCUT2D eigenvalue weighted by atomic mass is 10.0. The molecule has 0 radical (unpaired) electrons. The van der Waals surface area contributed by atoms with E-state index in [1.54, 1.807) is 14.2 Å². The largest absolute Gasteiger partial charge is 0.496 e. The van der Waals surface area contributed by atoms with Crippen molar-refractivity contribution in [3.63, 3.8) is 0 Å². The maximum atomic E-state index is 9.90. The Morgan fingerprint density at radius 2 is 1.82 bits per heavy atom. The van der Waals surface area contributed by atoms with Gasteiger partial charge in [0.15, 0.2) is 0 Å². The fourth-order valence-corrected chi connectivity index (χ4v) is 2.18. The van der Waals surface area contributed by atoms with E-state index in [1.807, 2.05) is 18.2 Å². The molecule has 0 amide bonds. The normalized spacial score (nSPS) is 16.6. The van der Waals surface area contributed by atoms with Crippen LogP contribution in [-0.4, -0.2) is 25.4 Å². The van der Waals surface area contributed by atoms with E-state index in [-0.39, 0.29) is 6.10 Å². The monoisotopic (exact) mass is 236 g/mol. The molecule has 1 aromatic carbocycles. The highest BCUT2D eigenvalue weighted by Gasteiger charge is 2.29. The Balaban J connectivity index is 2.06. The minimum Gasteiger partial charge on any atom is -0.496 e. The molecule has 17 heavy (non-hydrogen) atoms. The number of ether oxygens (including phenoxy) is 2. The first-order chi connectivity index (χ1) is 8.26. The van der Waals surface area contributed by atoms with E-state index in [1.165, 1.54) is 12.8 Å². The van der Waals surface area contributed by atoms with Crippen molar-refractivity contribution in [3.05, 3.63) is 23.8 Å². The summed E-state index contributed by atoms with van der Waals surface area (Å²) < 4.78 is 10.7. The summed E-state index contributed by atoms with van der Waals surface area (Å²) in [5.74, 6) is 2.20. The Bertz CT molecular complexity index is 349. The first-order valence-corrected chi connectivity index (χ1v) is 6.14. The number of benzene rings is 1. The number of rotatable bonds is 6. The molecule has 0 aliphatic heterocycles. The SMILES string of the molecule is COc1cccc(OC)c1CCC(O)C1CC1. The van der Waals surface area contributed by atoms with E-state index in [2.05, 4.69) is 0 Å². The average molecular weight is 236 g/mol. The molecule has 0 heterocycles. The van der Waals surface area contributed by atoms with Crippen LogP contribution in [0.25, 0.3) is 0 Å². The number of methoxy groups -OCH3 is 2. The van der Waals surface area contributed by atoms with Gasteiger partial charge in [0.2, 0.25) is 0 Å². The lowest BCUT2D eigenvalue weighted by Gasteiger charge is -2.14. The number of aliphatic hydroxyl groups is 1. The molecule has 1 fully saturated rings. The zero-order valence-electron chi connectivity index (χ0n) is 10.5. The third-order valence-corrected chi connectivity index (χ3v) is 3.39. The third kappa shape index (κ3) is 2.91. The molecule has 1 aromatic rings. The summed E-state index contributed by atoms with van der Waals surface area (Å²) in [6.45, 7) is 0. The zero-order valence-corrected chi connectivity index (χ0v) is 10.5. The molecule has 0 bridgehead atoms. The summed E-state index contributed by atoms with van der Waals surface area (Å²) in [6, 6.07) is 5.78. The van der Waals surface area contributed by atoms with Crippen molar-refractivity contribution in [1.29, 1.82) is 0 Å². The molecule has 3 heteroatoms. The van der Waals surface area contributed by atoms with Gasteiger partial charge in [-0.25, -0.2) is 0 Å². The molecular weight excluding hydrogens is 216 g/mol. The van der Waals surface area contributed by atoms with Gasteiger partial charge in [0, 0.05) is 5.56 Å². The van der Waals surface area contributed by atoms with Crippen molar-refractivity contribution in [1.82, 2.24) is 0 Å².